The minimum atomic E-state index is -0.555. The maximum absolute atomic E-state index is 11.2. The summed E-state index contributed by atoms with van der Waals surface area (Å²) < 4.78 is -0.0727. The van der Waals surface area contributed by atoms with Crippen molar-refractivity contribution in [2.24, 2.45) is 10.1 Å². The molecule has 5 nitrogen and oxygen atoms in total. The highest BCUT2D eigenvalue weighted by Crippen LogP contribution is 2.33. The number of amidine groups is 1. The topological polar surface area (TPSA) is 63.1 Å². The summed E-state index contributed by atoms with van der Waals surface area (Å²) in [6.45, 7) is 9.73. The van der Waals surface area contributed by atoms with E-state index in [1.165, 1.54) is 11.8 Å². The second kappa shape index (κ2) is 4.86. The first-order chi connectivity index (χ1) is 7.31. The number of aliphatic imine (C=N–C) groups is 1. The summed E-state index contributed by atoms with van der Waals surface area (Å²) in [7, 11) is 0. The average Bonchev–Trinajstić information content (AvgIpc) is 2.36. The summed E-state index contributed by atoms with van der Waals surface area (Å²) >= 11 is 1.48. The van der Waals surface area contributed by atoms with E-state index in [0.717, 1.165) is 5.71 Å². The van der Waals surface area contributed by atoms with Crippen molar-refractivity contribution in [2.45, 2.75) is 45.4 Å². The van der Waals surface area contributed by atoms with E-state index in [2.05, 4.69) is 20.3 Å². The Morgan fingerprint density at radius 1 is 1.56 bits per heavy atom. The first kappa shape index (κ1) is 13.0. The molecule has 0 aromatic carbocycles. The van der Waals surface area contributed by atoms with Gasteiger partial charge in [-0.25, -0.2) is 9.79 Å². The number of amides is 1. The Kier molecular flexibility index (Phi) is 3.96. The minimum absolute atomic E-state index is 0.0330. The molecular formula is C10H17N3O2S. The van der Waals surface area contributed by atoms with Crippen molar-refractivity contribution < 1.29 is 9.63 Å². The summed E-state index contributed by atoms with van der Waals surface area (Å²) in [5.41, 5.74) is 0.976. The lowest BCUT2D eigenvalue weighted by molar-refractivity contribution is 0.148. The zero-order chi connectivity index (χ0) is 12.3. The normalized spacial score (nSPS) is 21.1. The van der Waals surface area contributed by atoms with Gasteiger partial charge in [0.25, 0.3) is 0 Å². The summed E-state index contributed by atoms with van der Waals surface area (Å²) in [6, 6.07) is 0.0330. The molecule has 0 unspecified atom stereocenters. The van der Waals surface area contributed by atoms with Gasteiger partial charge in [0.1, 0.15) is 0 Å². The highest BCUT2D eigenvalue weighted by molar-refractivity contribution is 8.16. The molecule has 0 saturated carbocycles. The largest absolute Gasteiger partial charge is 0.433 e. The number of nitrogens with one attached hydrogen (secondary N) is 1. The van der Waals surface area contributed by atoms with Crippen LogP contribution < -0.4 is 5.32 Å². The van der Waals surface area contributed by atoms with Crippen molar-refractivity contribution in [3.8, 4) is 0 Å². The number of hydrogen-bond donors (Lipinski definition) is 1. The highest BCUT2D eigenvalue weighted by Gasteiger charge is 2.31. The Morgan fingerprint density at radius 2 is 2.19 bits per heavy atom. The lowest BCUT2D eigenvalue weighted by Gasteiger charge is -2.14. The summed E-state index contributed by atoms with van der Waals surface area (Å²) in [5.74, 6) is 0. The zero-order valence-electron chi connectivity index (χ0n) is 10.2. The Hall–Kier alpha value is -1.04. The Balaban J connectivity index is 2.53. The predicted octanol–water partition coefficient (Wildman–Crippen LogP) is 2.38. The van der Waals surface area contributed by atoms with Gasteiger partial charge in [-0.1, -0.05) is 11.8 Å². The van der Waals surface area contributed by atoms with E-state index in [4.69, 9.17) is 0 Å². The van der Waals surface area contributed by atoms with Crippen molar-refractivity contribution >= 4 is 28.7 Å². The Labute approximate surface area is 99.7 Å². The third kappa shape index (κ3) is 3.52. The highest BCUT2D eigenvalue weighted by atomic mass is 32.2. The van der Waals surface area contributed by atoms with Crippen LogP contribution in [0.4, 0.5) is 4.79 Å². The van der Waals surface area contributed by atoms with Crippen molar-refractivity contribution in [3.63, 3.8) is 0 Å². The van der Waals surface area contributed by atoms with Gasteiger partial charge in [0.2, 0.25) is 5.17 Å². The maximum atomic E-state index is 11.2. The van der Waals surface area contributed by atoms with Gasteiger partial charge >= 0.3 is 6.09 Å². The van der Waals surface area contributed by atoms with Crippen molar-refractivity contribution in [1.82, 2.24) is 5.32 Å². The molecule has 1 amide bonds. The Bertz CT molecular complexity index is 348. The smallest absolute Gasteiger partial charge is 0.317 e. The number of thioether (sulfide) groups is 1. The van der Waals surface area contributed by atoms with E-state index in [0.29, 0.717) is 5.17 Å². The number of nitrogens with zero attached hydrogens (tertiary/aromatic N) is 2. The van der Waals surface area contributed by atoms with Crippen molar-refractivity contribution in [2.75, 3.05) is 0 Å². The average molecular weight is 243 g/mol. The zero-order valence-corrected chi connectivity index (χ0v) is 11.0. The van der Waals surface area contributed by atoms with Crippen LogP contribution in [0.3, 0.4) is 0 Å². The molecule has 0 bridgehead atoms. The van der Waals surface area contributed by atoms with Crippen LogP contribution in [0.1, 0.15) is 34.6 Å². The quantitative estimate of drug-likeness (QED) is 0.598. The van der Waals surface area contributed by atoms with Gasteiger partial charge in [-0.05, 0) is 39.8 Å². The van der Waals surface area contributed by atoms with Gasteiger partial charge in [-0.3, -0.25) is 4.84 Å². The van der Waals surface area contributed by atoms with E-state index in [1.54, 1.807) is 0 Å². The maximum Gasteiger partial charge on any atom is 0.433 e. The molecule has 1 N–H and O–H groups in total. The molecule has 0 atom stereocenters. The molecule has 1 aliphatic heterocycles. The van der Waals surface area contributed by atoms with E-state index < -0.39 is 6.09 Å². The number of hydrogen-bond acceptors (Lipinski definition) is 4. The van der Waals surface area contributed by atoms with Crippen LogP contribution in [-0.4, -0.2) is 27.8 Å². The van der Waals surface area contributed by atoms with E-state index in [-0.39, 0.29) is 10.8 Å². The molecule has 1 aliphatic rings. The van der Waals surface area contributed by atoms with Crippen LogP contribution in [0.5, 0.6) is 0 Å². The van der Waals surface area contributed by atoms with Crippen LogP contribution in [0.15, 0.2) is 10.1 Å². The molecular weight excluding hydrogens is 226 g/mol. The standard InChI is InChI=1S/C10H17N3O2S/c1-6(2)11-9(14)15-13-8-12-7(3)10(4,5)16-8/h6H,1-5H3,(H,11,14). The van der Waals surface area contributed by atoms with Crippen molar-refractivity contribution in [3.05, 3.63) is 0 Å². The fourth-order valence-corrected chi connectivity index (χ4v) is 1.89. The molecule has 0 aliphatic carbocycles. The number of oxime groups is 1. The molecule has 0 radical (unpaired) electrons. The SMILES string of the molecule is CC1=NC(=NOC(=O)NC(C)C)SC1(C)C. The molecule has 1 heterocycles. The monoisotopic (exact) mass is 243 g/mol. The van der Waals surface area contributed by atoms with Gasteiger partial charge < -0.3 is 5.32 Å². The molecule has 16 heavy (non-hydrogen) atoms. The van der Waals surface area contributed by atoms with Gasteiger partial charge in [0.15, 0.2) is 0 Å². The number of carbonyl (C=O) groups excluding carboxylic acids is 1. The fourth-order valence-electron chi connectivity index (χ4n) is 0.985. The molecule has 0 aromatic rings. The van der Waals surface area contributed by atoms with E-state index in [1.807, 2.05) is 34.6 Å². The second-order valence-electron chi connectivity index (χ2n) is 4.36. The van der Waals surface area contributed by atoms with Gasteiger partial charge in [-0.2, -0.15) is 0 Å². The molecule has 0 saturated heterocycles. The predicted molar refractivity (Wildman–Crippen MR) is 67.0 cm³/mol. The lowest BCUT2D eigenvalue weighted by atomic mass is 10.1. The fraction of sp³-hybridized carbons (Fsp3) is 0.700. The summed E-state index contributed by atoms with van der Waals surface area (Å²) in [6.07, 6.45) is -0.555. The van der Waals surface area contributed by atoms with Crippen LogP contribution in [0.2, 0.25) is 0 Å². The Morgan fingerprint density at radius 3 is 2.62 bits per heavy atom. The van der Waals surface area contributed by atoms with E-state index in [9.17, 15) is 4.79 Å². The van der Waals surface area contributed by atoms with Gasteiger partial charge in [0.05, 0.1) is 4.75 Å². The molecule has 0 spiro atoms. The van der Waals surface area contributed by atoms with E-state index >= 15 is 0 Å². The summed E-state index contributed by atoms with van der Waals surface area (Å²) in [5, 5.41) is 6.76. The van der Waals surface area contributed by atoms with Crippen LogP contribution in [-0.2, 0) is 4.84 Å². The molecule has 0 aromatic heterocycles. The van der Waals surface area contributed by atoms with Crippen LogP contribution >= 0.6 is 11.8 Å². The van der Waals surface area contributed by atoms with Crippen LogP contribution in [0.25, 0.3) is 0 Å². The second-order valence-corrected chi connectivity index (χ2v) is 5.95. The third-order valence-corrected chi connectivity index (χ3v) is 3.25. The minimum Gasteiger partial charge on any atom is -0.317 e. The number of rotatable bonds is 2. The first-order valence-corrected chi connectivity index (χ1v) is 5.93. The number of carbonyl (C=O) groups is 1. The molecule has 90 valence electrons. The van der Waals surface area contributed by atoms with Gasteiger partial charge in [0, 0.05) is 11.8 Å². The first-order valence-electron chi connectivity index (χ1n) is 5.11. The lowest BCUT2D eigenvalue weighted by Crippen LogP contribution is -2.29. The molecule has 0 fully saturated rings. The third-order valence-electron chi connectivity index (χ3n) is 2.09. The summed E-state index contributed by atoms with van der Waals surface area (Å²) in [4.78, 5) is 20.1. The molecule has 1 rings (SSSR count). The van der Waals surface area contributed by atoms with Crippen molar-refractivity contribution in [1.29, 1.82) is 0 Å². The molecule has 6 heteroatoms. The van der Waals surface area contributed by atoms with Gasteiger partial charge in [-0.15, -0.1) is 0 Å². The van der Waals surface area contributed by atoms with Crippen LogP contribution in [0, 0.1) is 0 Å².